The van der Waals surface area contributed by atoms with E-state index in [9.17, 15) is 0 Å². The molecule has 4 nitrogen and oxygen atoms in total. The summed E-state index contributed by atoms with van der Waals surface area (Å²) in [4.78, 5) is 4.00. The van der Waals surface area contributed by atoms with Crippen LogP contribution in [0.4, 0.5) is 0 Å². The molecule has 0 aliphatic rings. The summed E-state index contributed by atoms with van der Waals surface area (Å²) in [6.45, 7) is 3.00. The Morgan fingerprint density at radius 2 is 2.12 bits per heavy atom. The lowest BCUT2D eigenvalue weighted by molar-refractivity contribution is 0.558. The molecule has 0 aliphatic carbocycles. The molecule has 5 heteroatoms. The number of aromatic nitrogens is 3. The van der Waals surface area contributed by atoms with Gasteiger partial charge >= 0.3 is 0 Å². The molecule has 0 bridgehead atoms. The summed E-state index contributed by atoms with van der Waals surface area (Å²) in [5, 5.41) is 4.33. The van der Waals surface area contributed by atoms with Crippen LogP contribution in [0.15, 0.2) is 35.2 Å². The Bertz CT molecular complexity index is 481. The van der Waals surface area contributed by atoms with Crippen LogP contribution in [0.25, 0.3) is 0 Å². The van der Waals surface area contributed by atoms with E-state index in [1.165, 1.54) is 0 Å². The number of pyridine rings is 1. The summed E-state index contributed by atoms with van der Waals surface area (Å²) >= 11 is 3.51. The van der Waals surface area contributed by atoms with Gasteiger partial charge in [0.1, 0.15) is 0 Å². The first kappa shape index (κ1) is 12.3. The zero-order valence-electron chi connectivity index (χ0n) is 9.68. The van der Waals surface area contributed by atoms with Crippen LogP contribution < -0.4 is 5.73 Å². The van der Waals surface area contributed by atoms with Crippen molar-refractivity contribution in [3.8, 4) is 0 Å². The number of rotatable bonds is 4. The van der Waals surface area contributed by atoms with Gasteiger partial charge in [0.05, 0.1) is 22.4 Å². The largest absolute Gasteiger partial charge is 0.319 e. The quantitative estimate of drug-likeness (QED) is 0.943. The summed E-state index contributed by atoms with van der Waals surface area (Å²) in [5.41, 5.74) is 8.33. The van der Waals surface area contributed by atoms with Crippen molar-refractivity contribution in [2.24, 2.45) is 5.73 Å². The van der Waals surface area contributed by atoms with Crippen molar-refractivity contribution < 1.29 is 0 Å². The minimum atomic E-state index is -0.179. The summed E-state index contributed by atoms with van der Waals surface area (Å²) in [6.07, 6.45) is 6.34. The summed E-state index contributed by atoms with van der Waals surface area (Å²) in [6, 6.07) is 3.68. The van der Waals surface area contributed by atoms with Crippen molar-refractivity contribution >= 4 is 15.9 Å². The molecular formula is C12H15BrN4. The van der Waals surface area contributed by atoms with Crippen molar-refractivity contribution in [3.05, 3.63) is 46.5 Å². The number of nitrogens with zero attached hydrogens (tertiary/aromatic N) is 3. The molecule has 17 heavy (non-hydrogen) atoms. The predicted molar refractivity (Wildman–Crippen MR) is 70.5 cm³/mol. The van der Waals surface area contributed by atoms with Gasteiger partial charge < -0.3 is 5.73 Å². The van der Waals surface area contributed by atoms with Crippen LogP contribution >= 0.6 is 15.9 Å². The van der Waals surface area contributed by atoms with Gasteiger partial charge in [-0.25, -0.2) is 0 Å². The molecule has 90 valence electrons. The molecule has 2 rings (SSSR count). The SMILES string of the molecule is CCCn1ncc(Br)c1C(N)c1ccncc1. The number of hydrogen-bond acceptors (Lipinski definition) is 3. The Morgan fingerprint density at radius 3 is 2.76 bits per heavy atom. The number of nitrogens with two attached hydrogens (primary N) is 1. The van der Waals surface area contributed by atoms with Crippen molar-refractivity contribution in [1.82, 2.24) is 14.8 Å². The van der Waals surface area contributed by atoms with E-state index >= 15 is 0 Å². The van der Waals surface area contributed by atoms with Gasteiger partial charge in [0.25, 0.3) is 0 Å². The maximum absolute atomic E-state index is 6.27. The van der Waals surface area contributed by atoms with E-state index < -0.39 is 0 Å². The van der Waals surface area contributed by atoms with Gasteiger partial charge in [0, 0.05) is 18.9 Å². The molecule has 0 amide bonds. The third-order valence-electron chi connectivity index (χ3n) is 2.63. The first-order chi connectivity index (χ1) is 8.24. The topological polar surface area (TPSA) is 56.7 Å². The third kappa shape index (κ3) is 2.56. The fourth-order valence-electron chi connectivity index (χ4n) is 1.80. The second-order valence-corrected chi connectivity index (χ2v) is 4.71. The molecule has 2 N–H and O–H groups in total. The molecule has 0 saturated heterocycles. The normalized spacial score (nSPS) is 12.6. The lowest BCUT2D eigenvalue weighted by Gasteiger charge is -2.15. The lowest BCUT2D eigenvalue weighted by atomic mass is 10.1. The third-order valence-corrected chi connectivity index (χ3v) is 3.24. The van der Waals surface area contributed by atoms with Crippen molar-refractivity contribution in [2.45, 2.75) is 25.9 Å². The van der Waals surface area contributed by atoms with Crippen LogP contribution in [0, 0.1) is 0 Å². The minimum absolute atomic E-state index is 0.179. The molecule has 1 unspecified atom stereocenters. The van der Waals surface area contributed by atoms with Gasteiger partial charge in [-0.2, -0.15) is 5.10 Å². The highest BCUT2D eigenvalue weighted by Crippen LogP contribution is 2.26. The summed E-state index contributed by atoms with van der Waals surface area (Å²) < 4.78 is 2.91. The van der Waals surface area contributed by atoms with Gasteiger partial charge in [-0.15, -0.1) is 0 Å². The smallest absolute Gasteiger partial charge is 0.0738 e. The van der Waals surface area contributed by atoms with E-state index in [4.69, 9.17) is 5.73 Å². The molecule has 0 radical (unpaired) electrons. The monoisotopic (exact) mass is 294 g/mol. The van der Waals surface area contributed by atoms with Crippen LogP contribution in [0.3, 0.4) is 0 Å². The van der Waals surface area contributed by atoms with Gasteiger partial charge in [-0.1, -0.05) is 6.92 Å². The highest BCUT2D eigenvalue weighted by molar-refractivity contribution is 9.10. The standard InChI is InChI=1S/C12H15BrN4/c1-2-7-17-12(10(13)8-16-17)11(14)9-3-5-15-6-4-9/h3-6,8,11H,2,7,14H2,1H3. The van der Waals surface area contributed by atoms with E-state index in [1.807, 2.05) is 16.8 Å². The number of hydrogen-bond donors (Lipinski definition) is 1. The molecule has 0 aliphatic heterocycles. The van der Waals surface area contributed by atoms with Crippen LogP contribution in [0.1, 0.15) is 30.6 Å². The van der Waals surface area contributed by atoms with Crippen LogP contribution in [0.2, 0.25) is 0 Å². The maximum atomic E-state index is 6.27. The average molecular weight is 295 g/mol. The van der Waals surface area contributed by atoms with Crippen molar-refractivity contribution in [1.29, 1.82) is 0 Å². The lowest BCUT2D eigenvalue weighted by Crippen LogP contribution is -2.18. The van der Waals surface area contributed by atoms with Crippen LogP contribution in [0.5, 0.6) is 0 Å². The molecule has 0 aromatic carbocycles. The zero-order chi connectivity index (χ0) is 12.3. The highest BCUT2D eigenvalue weighted by atomic mass is 79.9. The molecule has 2 aromatic heterocycles. The fourth-order valence-corrected chi connectivity index (χ4v) is 2.34. The summed E-state index contributed by atoms with van der Waals surface area (Å²) in [7, 11) is 0. The van der Waals surface area contributed by atoms with E-state index in [0.717, 1.165) is 28.7 Å². The summed E-state index contributed by atoms with van der Waals surface area (Å²) in [5.74, 6) is 0. The molecule has 2 aromatic rings. The molecule has 2 heterocycles. The highest BCUT2D eigenvalue weighted by Gasteiger charge is 2.17. The zero-order valence-corrected chi connectivity index (χ0v) is 11.3. The van der Waals surface area contributed by atoms with Crippen LogP contribution in [-0.4, -0.2) is 14.8 Å². The van der Waals surface area contributed by atoms with Crippen LogP contribution in [-0.2, 0) is 6.54 Å². The van der Waals surface area contributed by atoms with E-state index in [2.05, 4.69) is 32.9 Å². The molecule has 1 atom stereocenters. The first-order valence-corrected chi connectivity index (χ1v) is 6.40. The van der Waals surface area contributed by atoms with E-state index in [-0.39, 0.29) is 6.04 Å². The minimum Gasteiger partial charge on any atom is -0.319 e. The Labute approximate surface area is 109 Å². The fraction of sp³-hybridized carbons (Fsp3) is 0.333. The molecule has 0 spiro atoms. The van der Waals surface area contributed by atoms with E-state index in [1.54, 1.807) is 18.6 Å². The van der Waals surface area contributed by atoms with Gasteiger partial charge in [0.15, 0.2) is 0 Å². The van der Waals surface area contributed by atoms with Crippen molar-refractivity contribution in [3.63, 3.8) is 0 Å². The number of aryl methyl sites for hydroxylation is 1. The first-order valence-electron chi connectivity index (χ1n) is 5.60. The molecule has 0 saturated carbocycles. The Hall–Kier alpha value is -1.20. The predicted octanol–water partition coefficient (Wildman–Crippen LogP) is 2.50. The number of halogens is 1. The Kier molecular flexibility index (Phi) is 3.91. The Morgan fingerprint density at radius 1 is 1.41 bits per heavy atom. The molecular weight excluding hydrogens is 280 g/mol. The Balaban J connectivity index is 2.36. The van der Waals surface area contributed by atoms with Gasteiger partial charge in [-0.3, -0.25) is 9.67 Å². The second-order valence-electron chi connectivity index (χ2n) is 3.86. The van der Waals surface area contributed by atoms with Crippen molar-refractivity contribution in [2.75, 3.05) is 0 Å². The molecule has 0 fully saturated rings. The second kappa shape index (κ2) is 5.42. The van der Waals surface area contributed by atoms with Gasteiger partial charge in [0.2, 0.25) is 0 Å². The average Bonchev–Trinajstić information content (AvgIpc) is 2.71. The van der Waals surface area contributed by atoms with Gasteiger partial charge in [-0.05, 0) is 40.0 Å². The maximum Gasteiger partial charge on any atom is 0.0738 e. The van der Waals surface area contributed by atoms with E-state index in [0.29, 0.717) is 0 Å².